The Morgan fingerprint density at radius 1 is 1.33 bits per heavy atom. The van der Waals surface area contributed by atoms with Crippen LogP contribution in [0.3, 0.4) is 0 Å². The highest BCUT2D eigenvalue weighted by atomic mass is 32.2. The molecule has 0 spiro atoms. The molecule has 0 amide bonds. The maximum Gasteiger partial charge on any atom is 0.254 e. The van der Waals surface area contributed by atoms with Crippen LogP contribution in [-0.4, -0.2) is 25.9 Å². The number of methoxy groups -OCH3 is 1. The second kappa shape index (κ2) is 5.73. The Bertz CT molecular complexity index is 472. The van der Waals surface area contributed by atoms with Crippen LogP contribution >= 0.6 is 0 Å². The van der Waals surface area contributed by atoms with Gasteiger partial charge in [0.15, 0.2) is 15.6 Å². The molecule has 1 fully saturated rings. The van der Waals surface area contributed by atoms with Crippen molar-refractivity contribution in [2.75, 3.05) is 7.11 Å². The highest BCUT2D eigenvalue weighted by molar-refractivity contribution is 7.91. The largest absolute Gasteiger partial charge is 0.479 e. The van der Waals surface area contributed by atoms with Crippen molar-refractivity contribution < 1.29 is 17.7 Å². The van der Waals surface area contributed by atoms with E-state index in [1.165, 1.54) is 13.2 Å². The van der Waals surface area contributed by atoms with Crippen LogP contribution in [0.1, 0.15) is 44.3 Å². The van der Waals surface area contributed by atoms with Crippen molar-refractivity contribution in [2.45, 2.75) is 49.5 Å². The number of rotatable bonds is 4. The maximum atomic E-state index is 12.3. The summed E-state index contributed by atoms with van der Waals surface area (Å²) in [5.41, 5.74) is 0. The number of hydrogen-bond donors (Lipinski definition) is 0. The van der Waals surface area contributed by atoms with Gasteiger partial charge in [-0.25, -0.2) is 8.42 Å². The van der Waals surface area contributed by atoms with Gasteiger partial charge in [-0.05, 0) is 18.0 Å². The van der Waals surface area contributed by atoms with Gasteiger partial charge in [-0.3, -0.25) is 0 Å². The van der Waals surface area contributed by atoms with Crippen LogP contribution in [0.5, 0.6) is 5.88 Å². The number of aromatic nitrogens is 1. The lowest BCUT2D eigenvalue weighted by Crippen LogP contribution is -2.22. The number of hydrogen-bond acceptors (Lipinski definition) is 5. The first-order valence-corrected chi connectivity index (χ1v) is 8.04. The molecule has 1 aromatic rings. The Morgan fingerprint density at radius 3 is 2.56 bits per heavy atom. The molecule has 1 heterocycles. The molecule has 0 atom stereocenters. The van der Waals surface area contributed by atoms with E-state index in [2.05, 4.69) is 5.16 Å². The number of nitrogens with zero attached hydrogens (tertiary/aromatic N) is 1. The third-order valence-corrected chi connectivity index (χ3v) is 5.57. The molecule has 1 aromatic heterocycles. The minimum atomic E-state index is -3.14. The predicted molar refractivity (Wildman–Crippen MR) is 67.2 cm³/mol. The molecule has 0 radical (unpaired) electrons. The molecule has 0 unspecified atom stereocenters. The minimum absolute atomic E-state index is 0.0754. The topological polar surface area (TPSA) is 69.4 Å². The van der Waals surface area contributed by atoms with Gasteiger partial charge in [-0.1, -0.05) is 25.7 Å². The van der Waals surface area contributed by atoms with Gasteiger partial charge < -0.3 is 9.26 Å². The van der Waals surface area contributed by atoms with Gasteiger partial charge >= 0.3 is 0 Å². The number of ether oxygens (including phenoxy) is 1. The molecular weight excluding hydrogens is 254 g/mol. The molecule has 2 rings (SSSR count). The minimum Gasteiger partial charge on any atom is -0.479 e. The van der Waals surface area contributed by atoms with E-state index in [0.29, 0.717) is 11.6 Å². The summed E-state index contributed by atoms with van der Waals surface area (Å²) in [7, 11) is -1.67. The third kappa shape index (κ3) is 3.25. The van der Waals surface area contributed by atoms with Crippen LogP contribution in [-0.2, 0) is 15.6 Å². The summed E-state index contributed by atoms with van der Waals surface area (Å²) < 4.78 is 34.4. The average Bonchev–Trinajstić information content (AvgIpc) is 2.62. The molecule has 0 N–H and O–H groups in total. The van der Waals surface area contributed by atoms with Gasteiger partial charge in [0, 0.05) is 6.07 Å². The van der Waals surface area contributed by atoms with Gasteiger partial charge in [0.25, 0.3) is 5.88 Å². The molecule has 1 saturated carbocycles. The Hall–Kier alpha value is -1.04. The van der Waals surface area contributed by atoms with Crippen molar-refractivity contribution in [1.82, 2.24) is 5.16 Å². The lowest BCUT2D eigenvalue weighted by molar-refractivity contribution is 0.330. The summed E-state index contributed by atoms with van der Waals surface area (Å²) in [4.78, 5) is 0. The zero-order valence-electron chi connectivity index (χ0n) is 10.6. The van der Waals surface area contributed by atoms with Crippen LogP contribution in [0.4, 0.5) is 0 Å². The normalized spacial score (nSPS) is 18.5. The highest BCUT2D eigenvalue weighted by Crippen LogP contribution is 2.26. The molecule has 0 saturated heterocycles. The van der Waals surface area contributed by atoms with E-state index in [9.17, 15) is 8.42 Å². The van der Waals surface area contributed by atoms with E-state index < -0.39 is 9.84 Å². The summed E-state index contributed by atoms with van der Waals surface area (Å²) in [6.45, 7) is 0. The van der Waals surface area contributed by atoms with Crippen molar-refractivity contribution in [3.8, 4) is 5.88 Å². The zero-order chi connectivity index (χ0) is 13.0. The first-order chi connectivity index (χ1) is 8.62. The first-order valence-electron chi connectivity index (χ1n) is 6.33. The Morgan fingerprint density at radius 2 is 2.00 bits per heavy atom. The van der Waals surface area contributed by atoms with E-state index >= 15 is 0 Å². The quantitative estimate of drug-likeness (QED) is 0.787. The van der Waals surface area contributed by atoms with Crippen molar-refractivity contribution in [3.63, 3.8) is 0 Å². The molecule has 0 bridgehead atoms. The molecule has 6 heteroatoms. The monoisotopic (exact) mass is 273 g/mol. The third-order valence-electron chi connectivity index (χ3n) is 3.40. The van der Waals surface area contributed by atoms with Crippen LogP contribution in [0, 0.1) is 0 Å². The molecule has 1 aliphatic carbocycles. The molecule has 0 aliphatic heterocycles. The fourth-order valence-corrected chi connectivity index (χ4v) is 4.20. The van der Waals surface area contributed by atoms with Crippen molar-refractivity contribution >= 4 is 9.84 Å². The van der Waals surface area contributed by atoms with Crippen LogP contribution in [0.15, 0.2) is 10.6 Å². The van der Waals surface area contributed by atoms with E-state index in [4.69, 9.17) is 9.26 Å². The standard InChI is InChI=1S/C12H19NO4S/c1-16-12-8-10(17-13-12)9-18(14,15)11-6-4-2-3-5-7-11/h8,11H,2-7,9H2,1H3. The lowest BCUT2D eigenvalue weighted by atomic mass is 10.2. The van der Waals surface area contributed by atoms with E-state index in [1.807, 2.05) is 0 Å². The smallest absolute Gasteiger partial charge is 0.254 e. The van der Waals surface area contributed by atoms with Gasteiger partial charge in [0.05, 0.1) is 12.4 Å². The molecular formula is C12H19NO4S. The first kappa shape index (κ1) is 13.4. The summed E-state index contributed by atoms with van der Waals surface area (Å²) in [6, 6.07) is 1.54. The van der Waals surface area contributed by atoms with E-state index in [0.717, 1.165) is 38.5 Å². The molecule has 18 heavy (non-hydrogen) atoms. The average molecular weight is 273 g/mol. The summed E-state index contributed by atoms with van der Waals surface area (Å²) in [5, 5.41) is 3.39. The highest BCUT2D eigenvalue weighted by Gasteiger charge is 2.28. The lowest BCUT2D eigenvalue weighted by Gasteiger charge is -2.13. The van der Waals surface area contributed by atoms with Crippen LogP contribution in [0.2, 0.25) is 0 Å². The van der Waals surface area contributed by atoms with Crippen molar-refractivity contribution in [3.05, 3.63) is 11.8 Å². The molecule has 0 aromatic carbocycles. The summed E-state index contributed by atoms with van der Waals surface area (Å²) in [5.74, 6) is 0.603. The van der Waals surface area contributed by atoms with Gasteiger partial charge in [-0.15, -0.1) is 0 Å². The van der Waals surface area contributed by atoms with Crippen molar-refractivity contribution in [1.29, 1.82) is 0 Å². The van der Waals surface area contributed by atoms with Gasteiger partial charge in [0.1, 0.15) is 5.75 Å². The fraction of sp³-hybridized carbons (Fsp3) is 0.750. The van der Waals surface area contributed by atoms with Crippen LogP contribution < -0.4 is 4.74 Å². The summed E-state index contributed by atoms with van der Waals surface area (Å²) in [6.07, 6.45) is 5.83. The Balaban J connectivity index is 2.05. The second-order valence-electron chi connectivity index (χ2n) is 4.76. The van der Waals surface area contributed by atoms with Gasteiger partial charge in [-0.2, -0.15) is 0 Å². The zero-order valence-corrected chi connectivity index (χ0v) is 11.4. The molecule has 102 valence electrons. The Labute approximate surface area is 107 Å². The maximum absolute atomic E-state index is 12.3. The van der Waals surface area contributed by atoms with Crippen molar-refractivity contribution in [2.24, 2.45) is 0 Å². The second-order valence-corrected chi connectivity index (χ2v) is 7.04. The van der Waals surface area contributed by atoms with Crippen LogP contribution in [0.25, 0.3) is 0 Å². The Kier molecular flexibility index (Phi) is 4.27. The fourth-order valence-electron chi connectivity index (χ4n) is 2.38. The predicted octanol–water partition coefficient (Wildman–Crippen LogP) is 2.32. The SMILES string of the molecule is COc1cc(CS(=O)(=O)C2CCCCCC2)on1. The summed E-state index contributed by atoms with van der Waals surface area (Å²) >= 11 is 0. The molecule has 5 nitrogen and oxygen atoms in total. The van der Waals surface area contributed by atoms with Gasteiger partial charge in [0.2, 0.25) is 0 Å². The van der Waals surface area contributed by atoms with E-state index in [1.54, 1.807) is 0 Å². The molecule has 1 aliphatic rings. The number of sulfone groups is 1. The van der Waals surface area contributed by atoms with E-state index in [-0.39, 0.29) is 11.0 Å².